The largest absolute Gasteiger partial charge is 0.497 e. The zero-order chi connectivity index (χ0) is 11.5. The molecule has 0 spiro atoms. The van der Waals surface area contributed by atoms with Crippen molar-refractivity contribution in [1.29, 1.82) is 0 Å². The molecule has 0 unspecified atom stereocenters. The molecule has 82 valence electrons. The fraction of sp³-hybridized carbons (Fsp3) is 0.154. The standard InChI is InChI=1S/C13H12O3/c1-9-3-4-13(16-9)11-5-10(8-14)6-12(7-11)15-2/h3-8H,1-2H3. The van der Waals surface area contributed by atoms with E-state index in [2.05, 4.69) is 0 Å². The van der Waals surface area contributed by atoms with E-state index in [0.717, 1.165) is 23.4 Å². The fourth-order valence-corrected chi connectivity index (χ4v) is 1.54. The highest BCUT2D eigenvalue weighted by molar-refractivity contribution is 5.79. The minimum absolute atomic E-state index is 0.573. The van der Waals surface area contributed by atoms with Crippen LogP contribution in [0.1, 0.15) is 16.1 Å². The summed E-state index contributed by atoms with van der Waals surface area (Å²) in [6.45, 7) is 1.88. The lowest BCUT2D eigenvalue weighted by molar-refractivity contribution is 0.112. The summed E-state index contributed by atoms with van der Waals surface area (Å²) in [7, 11) is 1.57. The summed E-state index contributed by atoms with van der Waals surface area (Å²) < 4.78 is 10.6. The number of rotatable bonds is 3. The number of carbonyl (C=O) groups excluding carboxylic acids is 1. The van der Waals surface area contributed by atoms with E-state index < -0.39 is 0 Å². The molecule has 0 saturated carbocycles. The molecule has 0 N–H and O–H groups in total. The van der Waals surface area contributed by atoms with Gasteiger partial charge in [0, 0.05) is 11.1 Å². The Morgan fingerprint density at radius 1 is 1.25 bits per heavy atom. The Hall–Kier alpha value is -2.03. The van der Waals surface area contributed by atoms with Gasteiger partial charge in [-0.2, -0.15) is 0 Å². The predicted octanol–water partition coefficient (Wildman–Crippen LogP) is 3.08. The average Bonchev–Trinajstić information content (AvgIpc) is 2.75. The molecular formula is C13H12O3. The zero-order valence-corrected chi connectivity index (χ0v) is 9.19. The Morgan fingerprint density at radius 3 is 2.62 bits per heavy atom. The second-order valence-corrected chi connectivity index (χ2v) is 3.52. The van der Waals surface area contributed by atoms with Gasteiger partial charge < -0.3 is 9.15 Å². The molecule has 0 bridgehead atoms. The Morgan fingerprint density at radius 2 is 2.06 bits per heavy atom. The van der Waals surface area contributed by atoms with Crippen LogP contribution >= 0.6 is 0 Å². The van der Waals surface area contributed by atoms with E-state index in [0.29, 0.717) is 11.3 Å². The minimum Gasteiger partial charge on any atom is -0.497 e. The molecule has 1 aromatic carbocycles. The van der Waals surface area contributed by atoms with Crippen LogP contribution in [0.3, 0.4) is 0 Å². The van der Waals surface area contributed by atoms with Crippen LogP contribution in [0.15, 0.2) is 34.7 Å². The molecule has 3 heteroatoms. The van der Waals surface area contributed by atoms with Gasteiger partial charge in [-0.25, -0.2) is 0 Å². The number of furan rings is 1. The minimum atomic E-state index is 0.573. The van der Waals surface area contributed by atoms with E-state index >= 15 is 0 Å². The van der Waals surface area contributed by atoms with Crippen molar-refractivity contribution in [3.63, 3.8) is 0 Å². The number of aldehydes is 1. The van der Waals surface area contributed by atoms with Crippen molar-refractivity contribution < 1.29 is 13.9 Å². The summed E-state index contributed by atoms with van der Waals surface area (Å²) in [6, 6.07) is 9.06. The molecule has 0 atom stereocenters. The summed E-state index contributed by atoms with van der Waals surface area (Å²) in [5.41, 5.74) is 1.41. The third kappa shape index (κ3) is 1.98. The first kappa shape index (κ1) is 10.5. The van der Waals surface area contributed by atoms with E-state index in [9.17, 15) is 4.79 Å². The molecule has 0 radical (unpaired) electrons. The molecule has 2 aromatic rings. The van der Waals surface area contributed by atoms with Crippen LogP contribution in [0.25, 0.3) is 11.3 Å². The van der Waals surface area contributed by atoms with Gasteiger partial charge in [0.15, 0.2) is 0 Å². The predicted molar refractivity (Wildman–Crippen MR) is 60.8 cm³/mol. The summed E-state index contributed by atoms with van der Waals surface area (Å²) in [6.07, 6.45) is 0.793. The van der Waals surface area contributed by atoms with E-state index in [1.807, 2.05) is 25.1 Å². The van der Waals surface area contributed by atoms with Crippen LogP contribution in [0.4, 0.5) is 0 Å². The smallest absolute Gasteiger partial charge is 0.150 e. The topological polar surface area (TPSA) is 39.4 Å². The van der Waals surface area contributed by atoms with E-state index in [1.54, 1.807) is 19.2 Å². The second-order valence-electron chi connectivity index (χ2n) is 3.52. The first-order valence-electron chi connectivity index (χ1n) is 4.94. The maximum Gasteiger partial charge on any atom is 0.150 e. The van der Waals surface area contributed by atoms with Crippen LogP contribution in [0, 0.1) is 6.92 Å². The van der Waals surface area contributed by atoms with Crippen molar-refractivity contribution in [3.05, 3.63) is 41.7 Å². The molecule has 1 heterocycles. The third-order valence-electron chi connectivity index (χ3n) is 2.33. The van der Waals surface area contributed by atoms with E-state index in [4.69, 9.17) is 9.15 Å². The monoisotopic (exact) mass is 216 g/mol. The van der Waals surface area contributed by atoms with Crippen molar-refractivity contribution >= 4 is 6.29 Å². The lowest BCUT2D eigenvalue weighted by atomic mass is 10.1. The van der Waals surface area contributed by atoms with Crippen molar-refractivity contribution in [2.45, 2.75) is 6.92 Å². The highest BCUT2D eigenvalue weighted by Crippen LogP contribution is 2.26. The first-order valence-corrected chi connectivity index (χ1v) is 4.94. The average molecular weight is 216 g/mol. The van der Waals surface area contributed by atoms with Crippen molar-refractivity contribution in [3.8, 4) is 17.1 Å². The molecule has 0 aliphatic heterocycles. The van der Waals surface area contributed by atoms with Crippen molar-refractivity contribution in [2.24, 2.45) is 0 Å². The number of methoxy groups -OCH3 is 1. The number of hydrogen-bond donors (Lipinski definition) is 0. The molecule has 0 aliphatic rings. The molecule has 0 aliphatic carbocycles. The Bertz CT molecular complexity index is 512. The van der Waals surface area contributed by atoms with Crippen molar-refractivity contribution in [2.75, 3.05) is 7.11 Å². The Labute approximate surface area is 93.7 Å². The summed E-state index contributed by atoms with van der Waals surface area (Å²) in [5, 5.41) is 0. The van der Waals surface area contributed by atoms with Gasteiger partial charge in [0.1, 0.15) is 23.6 Å². The van der Waals surface area contributed by atoms with Gasteiger partial charge in [-0.1, -0.05) is 0 Å². The summed E-state index contributed by atoms with van der Waals surface area (Å²) in [5.74, 6) is 2.22. The number of aryl methyl sites for hydroxylation is 1. The molecule has 1 aromatic heterocycles. The van der Waals surface area contributed by atoms with Crippen LogP contribution in [-0.4, -0.2) is 13.4 Å². The molecule has 0 amide bonds. The van der Waals surface area contributed by atoms with Crippen LogP contribution < -0.4 is 4.74 Å². The molecule has 0 saturated heterocycles. The number of benzene rings is 1. The van der Waals surface area contributed by atoms with Crippen LogP contribution in [0.2, 0.25) is 0 Å². The molecular weight excluding hydrogens is 204 g/mol. The SMILES string of the molecule is COc1cc(C=O)cc(-c2ccc(C)o2)c1. The van der Waals surface area contributed by atoms with Gasteiger partial charge in [0.05, 0.1) is 7.11 Å². The lowest BCUT2D eigenvalue weighted by Gasteiger charge is -2.03. The Balaban J connectivity index is 2.51. The summed E-state index contributed by atoms with van der Waals surface area (Å²) >= 11 is 0. The molecule has 2 rings (SSSR count). The number of ether oxygens (including phenoxy) is 1. The Kier molecular flexibility index (Phi) is 2.77. The highest BCUT2D eigenvalue weighted by atomic mass is 16.5. The maximum atomic E-state index is 10.8. The molecule has 16 heavy (non-hydrogen) atoms. The van der Waals surface area contributed by atoms with Gasteiger partial charge in [-0.05, 0) is 37.3 Å². The van der Waals surface area contributed by atoms with Crippen LogP contribution in [0.5, 0.6) is 5.75 Å². The van der Waals surface area contributed by atoms with Gasteiger partial charge in [0.2, 0.25) is 0 Å². The summed E-state index contributed by atoms with van der Waals surface area (Å²) in [4.78, 5) is 10.8. The van der Waals surface area contributed by atoms with E-state index in [1.165, 1.54) is 0 Å². The highest BCUT2D eigenvalue weighted by Gasteiger charge is 2.06. The molecule has 0 fully saturated rings. The van der Waals surface area contributed by atoms with Crippen LogP contribution in [-0.2, 0) is 0 Å². The second kappa shape index (κ2) is 4.23. The number of hydrogen-bond acceptors (Lipinski definition) is 3. The van der Waals surface area contributed by atoms with Gasteiger partial charge >= 0.3 is 0 Å². The van der Waals surface area contributed by atoms with Crippen molar-refractivity contribution in [1.82, 2.24) is 0 Å². The van der Waals surface area contributed by atoms with Gasteiger partial charge in [-0.15, -0.1) is 0 Å². The van der Waals surface area contributed by atoms with Gasteiger partial charge in [0.25, 0.3) is 0 Å². The maximum absolute atomic E-state index is 10.8. The lowest BCUT2D eigenvalue weighted by Crippen LogP contribution is -1.87. The number of carbonyl (C=O) groups is 1. The normalized spacial score (nSPS) is 10.1. The quantitative estimate of drug-likeness (QED) is 0.740. The first-order chi connectivity index (χ1) is 7.72. The van der Waals surface area contributed by atoms with E-state index in [-0.39, 0.29) is 0 Å². The third-order valence-corrected chi connectivity index (χ3v) is 2.33. The van der Waals surface area contributed by atoms with Gasteiger partial charge in [-0.3, -0.25) is 4.79 Å². The molecule has 3 nitrogen and oxygen atoms in total. The zero-order valence-electron chi connectivity index (χ0n) is 9.19. The fourth-order valence-electron chi connectivity index (χ4n) is 1.54.